The topological polar surface area (TPSA) is 62.8 Å². The highest BCUT2D eigenvalue weighted by Gasteiger charge is 2.05. The van der Waals surface area contributed by atoms with E-state index in [1.54, 1.807) is 0 Å². The van der Waals surface area contributed by atoms with Gasteiger partial charge in [-0.25, -0.2) is 0 Å². The molecular weight excluding hydrogens is 198 g/mol. The van der Waals surface area contributed by atoms with Gasteiger partial charge in [0.2, 0.25) is 0 Å². The smallest absolute Gasteiger partial charge is 0.124 e. The number of aryl methyl sites for hydroxylation is 1. The van der Waals surface area contributed by atoms with Crippen LogP contribution in [0.3, 0.4) is 0 Å². The molecule has 3 nitrogen and oxygen atoms in total. The molecule has 3 heteroatoms. The van der Waals surface area contributed by atoms with E-state index >= 15 is 0 Å². The zero-order chi connectivity index (χ0) is 11.5. The largest absolute Gasteiger partial charge is 0.384 e. The summed E-state index contributed by atoms with van der Waals surface area (Å²) in [5.41, 5.74) is 8.90. The molecule has 0 aliphatic rings. The molecular formula is C13H13N3. The summed E-state index contributed by atoms with van der Waals surface area (Å²) in [7, 11) is 0. The number of rotatable bonds is 2. The van der Waals surface area contributed by atoms with Gasteiger partial charge >= 0.3 is 0 Å². The number of pyridine rings is 1. The number of hydrogen-bond donors (Lipinski definition) is 2. The highest BCUT2D eigenvalue weighted by molar-refractivity contribution is 5.96. The Hall–Kier alpha value is -2.16. The van der Waals surface area contributed by atoms with Crippen molar-refractivity contribution in [3.05, 3.63) is 53.7 Å². The van der Waals surface area contributed by atoms with Crippen molar-refractivity contribution in [1.82, 2.24) is 4.98 Å². The first kappa shape index (κ1) is 10.4. The molecule has 2 rings (SSSR count). The molecule has 16 heavy (non-hydrogen) atoms. The fourth-order valence-electron chi connectivity index (χ4n) is 1.62. The standard InChI is InChI=1S/C13H13N3/c1-9-11(13(14)15)7-8-12(16-9)10-5-3-2-4-6-10/h2-8H,1H3,(H3,14,15). The van der Waals surface area contributed by atoms with Gasteiger partial charge in [-0.3, -0.25) is 10.4 Å². The summed E-state index contributed by atoms with van der Waals surface area (Å²) in [6, 6.07) is 13.7. The minimum absolute atomic E-state index is 0.0598. The van der Waals surface area contributed by atoms with Gasteiger partial charge < -0.3 is 5.73 Å². The average molecular weight is 211 g/mol. The minimum Gasteiger partial charge on any atom is -0.384 e. The summed E-state index contributed by atoms with van der Waals surface area (Å²) < 4.78 is 0. The second-order valence-corrected chi connectivity index (χ2v) is 3.61. The molecule has 0 amide bonds. The van der Waals surface area contributed by atoms with Gasteiger partial charge in [-0.1, -0.05) is 30.3 Å². The Balaban J connectivity index is 2.46. The first-order valence-corrected chi connectivity index (χ1v) is 5.06. The molecule has 0 saturated heterocycles. The maximum atomic E-state index is 7.39. The lowest BCUT2D eigenvalue weighted by Gasteiger charge is -2.06. The number of nitrogens with zero attached hydrogens (tertiary/aromatic N) is 1. The molecule has 2 aromatic rings. The second kappa shape index (κ2) is 4.14. The third-order valence-electron chi connectivity index (χ3n) is 2.45. The number of benzene rings is 1. The first-order chi connectivity index (χ1) is 7.68. The van der Waals surface area contributed by atoms with E-state index in [-0.39, 0.29) is 5.84 Å². The van der Waals surface area contributed by atoms with Crippen LogP contribution in [0.2, 0.25) is 0 Å². The second-order valence-electron chi connectivity index (χ2n) is 3.61. The Kier molecular flexibility index (Phi) is 2.68. The van der Waals surface area contributed by atoms with Crippen molar-refractivity contribution in [2.75, 3.05) is 0 Å². The summed E-state index contributed by atoms with van der Waals surface area (Å²) in [5.74, 6) is 0.0598. The van der Waals surface area contributed by atoms with Gasteiger partial charge in [-0.05, 0) is 19.1 Å². The fourth-order valence-corrected chi connectivity index (χ4v) is 1.62. The van der Waals surface area contributed by atoms with E-state index in [9.17, 15) is 0 Å². The van der Waals surface area contributed by atoms with Crippen LogP contribution in [0, 0.1) is 12.3 Å². The van der Waals surface area contributed by atoms with Crippen molar-refractivity contribution in [2.45, 2.75) is 6.92 Å². The molecule has 1 heterocycles. The van der Waals surface area contributed by atoms with E-state index in [0.717, 1.165) is 17.0 Å². The summed E-state index contributed by atoms with van der Waals surface area (Å²) >= 11 is 0. The number of amidine groups is 1. The van der Waals surface area contributed by atoms with Gasteiger partial charge in [0.1, 0.15) is 5.84 Å². The van der Waals surface area contributed by atoms with Crippen LogP contribution in [0.5, 0.6) is 0 Å². The minimum atomic E-state index is 0.0598. The predicted octanol–water partition coefficient (Wildman–Crippen LogP) is 2.34. The number of aromatic nitrogens is 1. The maximum absolute atomic E-state index is 7.39. The van der Waals surface area contributed by atoms with Crippen molar-refractivity contribution in [2.24, 2.45) is 5.73 Å². The zero-order valence-electron chi connectivity index (χ0n) is 9.07. The Morgan fingerprint density at radius 2 is 1.81 bits per heavy atom. The van der Waals surface area contributed by atoms with E-state index in [1.807, 2.05) is 49.4 Å². The van der Waals surface area contributed by atoms with Gasteiger partial charge in [0, 0.05) is 16.8 Å². The predicted molar refractivity (Wildman–Crippen MR) is 65.4 cm³/mol. The maximum Gasteiger partial charge on any atom is 0.124 e. The number of hydrogen-bond acceptors (Lipinski definition) is 2. The highest BCUT2D eigenvalue weighted by atomic mass is 14.8. The summed E-state index contributed by atoms with van der Waals surface area (Å²) in [5, 5.41) is 7.39. The molecule has 0 aliphatic carbocycles. The lowest BCUT2D eigenvalue weighted by Crippen LogP contribution is -2.13. The van der Waals surface area contributed by atoms with Crippen LogP contribution in [0.4, 0.5) is 0 Å². The third-order valence-corrected chi connectivity index (χ3v) is 2.45. The van der Waals surface area contributed by atoms with Crippen LogP contribution >= 0.6 is 0 Å². The van der Waals surface area contributed by atoms with Crippen LogP contribution in [-0.4, -0.2) is 10.8 Å². The van der Waals surface area contributed by atoms with E-state index in [0.29, 0.717) is 5.56 Å². The molecule has 0 atom stereocenters. The third kappa shape index (κ3) is 1.93. The number of nitrogens with two attached hydrogens (primary N) is 1. The quantitative estimate of drug-likeness (QED) is 0.591. The molecule has 1 aromatic heterocycles. The molecule has 0 spiro atoms. The van der Waals surface area contributed by atoms with Gasteiger partial charge in [-0.15, -0.1) is 0 Å². The van der Waals surface area contributed by atoms with Crippen LogP contribution in [0.1, 0.15) is 11.3 Å². The molecule has 1 aromatic carbocycles. The summed E-state index contributed by atoms with van der Waals surface area (Å²) in [6.07, 6.45) is 0. The van der Waals surface area contributed by atoms with Crippen LogP contribution < -0.4 is 5.73 Å². The molecule has 0 unspecified atom stereocenters. The fraction of sp³-hybridized carbons (Fsp3) is 0.0769. The van der Waals surface area contributed by atoms with Gasteiger partial charge in [-0.2, -0.15) is 0 Å². The first-order valence-electron chi connectivity index (χ1n) is 5.06. The Morgan fingerprint density at radius 1 is 1.12 bits per heavy atom. The molecule has 80 valence electrons. The van der Waals surface area contributed by atoms with Crippen LogP contribution in [0.15, 0.2) is 42.5 Å². The van der Waals surface area contributed by atoms with Gasteiger partial charge in [0.15, 0.2) is 0 Å². The molecule has 0 fully saturated rings. The van der Waals surface area contributed by atoms with Crippen molar-refractivity contribution in [1.29, 1.82) is 5.41 Å². The van der Waals surface area contributed by atoms with Crippen molar-refractivity contribution < 1.29 is 0 Å². The monoisotopic (exact) mass is 211 g/mol. The molecule has 0 bridgehead atoms. The molecule has 0 aliphatic heterocycles. The van der Waals surface area contributed by atoms with E-state index in [2.05, 4.69) is 4.98 Å². The van der Waals surface area contributed by atoms with Crippen molar-refractivity contribution in [3.63, 3.8) is 0 Å². The van der Waals surface area contributed by atoms with E-state index in [4.69, 9.17) is 11.1 Å². The van der Waals surface area contributed by atoms with Gasteiger partial charge in [0.25, 0.3) is 0 Å². The normalized spacial score (nSPS) is 10.1. The molecule has 0 saturated carbocycles. The highest BCUT2D eigenvalue weighted by Crippen LogP contribution is 2.18. The molecule has 3 N–H and O–H groups in total. The number of nitrogen functional groups attached to an aromatic ring is 1. The molecule has 0 radical (unpaired) electrons. The van der Waals surface area contributed by atoms with E-state index < -0.39 is 0 Å². The van der Waals surface area contributed by atoms with Crippen LogP contribution in [0.25, 0.3) is 11.3 Å². The zero-order valence-corrected chi connectivity index (χ0v) is 9.07. The average Bonchev–Trinajstić information content (AvgIpc) is 2.29. The Labute approximate surface area is 94.5 Å². The lowest BCUT2D eigenvalue weighted by atomic mass is 10.1. The van der Waals surface area contributed by atoms with Crippen LogP contribution in [-0.2, 0) is 0 Å². The summed E-state index contributed by atoms with van der Waals surface area (Å²) in [4.78, 5) is 4.44. The van der Waals surface area contributed by atoms with Gasteiger partial charge in [0.05, 0.1) is 5.69 Å². The van der Waals surface area contributed by atoms with Crippen molar-refractivity contribution >= 4 is 5.84 Å². The Bertz CT molecular complexity index is 518. The lowest BCUT2D eigenvalue weighted by molar-refractivity contribution is 1.18. The SMILES string of the molecule is Cc1nc(-c2ccccc2)ccc1C(=N)N. The number of nitrogens with one attached hydrogen (secondary N) is 1. The Morgan fingerprint density at radius 3 is 2.38 bits per heavy atom. The van der Waals surface area contributed by atoms with E-state index in [1.165, 1.54) is 0 Å². The van der Waals surface area contributed by atoms with Crippen molar-refractivity contribution in [3.8, 4) is 11.3 Å². The summed E-state index contributed by atoms with van der Waals surface area (Å²) in [6.45, 7) is 1.86.